The Morgan fingerprint density at radius 3 is 2.74 bits per heavy atom. The summed E-state index contributed by atoms with van der Waals surface area (Å²) in [5, 5.41) is 10.8. The lowest BCUT2D eigenvalue weighted by Crippen LogP contribution is -2.04. The summed E-state index contributed by atoms with van der Waals surface area (Å²) in [6, 6.07) is 6.54. The number of methoxy groups -OCH3 is 1. The SMILES string of the molecule is CCC(=CCSc1ccccc1[N+](=O)[O-])C(=O)OC. The second-order valence-electron chi connectivity index (χ2n) is 3.61. The van der Waals surface area contributed by atoms with Gasteiger partial charge in [0, 0.05) is 17.4 Å². The standard InChI is InChI=1S/C13H15NO4S/c1-3-10(13(15)18-2)8-9-19-12-7-5-4-6-11(12)14(16)17/h4-8H,3,9H2,1-2H3. The van der Waals surface area contributed by atoms with Gasteiger partial charge in [-0.2, -0.15) is 0 Å². The maximum Gasteiger partial charge on any atom is 0.333 e. The van der Waals surface area contributed by atoms with Gasteiger partial charge in [-0.05, 0) is 12.5 Å². The van der Waals surface area contributed by atoms with Crippen LogP contribution in [0.25, 0.3) is 0 Å². The maximum atomic E-state index is 11.4. The van der Waals surface area contributed by atoms with E-state index in [-0.39, 0.29) is 11.7 Å². The van der Waals surface area contributed by atoms with E-state index in [1.165, 1.54) is 24.9 Å². The van der Waals surface area contributed by atoms with E-state index in [0.717, 1.165) is 0 Å². The Balaban J connectivity index is 2.74. The number of nitrogens with zero attached hydrogens (tertiary/aromatic N) is 1. The highest BCUT2D eigenvalue weighted by atomic mass is 32.2. The molecule has 1 aromatic carbocycles. The van der Waals surface area contributed by atoms with Crippen LogP contribution in [0.2, 0.25) is 0 Å². The van der Waals surface area contributed by atoms with Gasteiger partial charge in [0.1, 0.15) is 0 Å². The second-order valence-corrected chi connectivity index (χ2v) is 4.67. The number of carbonyl (C=O) groups is 1. The minimum absolute atomic E-state index is 0.0806. The average Bonchev–Trinajstić information content (AvgIpc) is 2.43. The number of para-hydroxylation sites is 1. The van der Waals surface area contributed by atoms with E-state index in [0.29, 0.717) is 22.6 Å². The lowest BCUT2D eigenvalue weighted by atomic mass is 10.2. The van der Waals surface area contributed by atoms with Crippen molar-refractivity contribution in [2.24, 2.45) is 0 Å². The first-order valence-corrected chi connectivity index (χ1v) is 6.72. The first kappa shape index (κ1) is 15.2. The third-order valence-electron chi connectivity index (χ3n) is 2.46. The third kappa shape index (κ3) is 4.40. The van der Waals surface area contributed by atoms with Crippen molar-refractivity contribution in [3.8, 4) is 0 Å². The van der Waals surface area contributed by atoms with Crippen molar-refractivity contribution in [1.29, 1.82) is 0 Å². The quantitative estimate of drug-likeness (QED) is 0.263. The van der Waals surface area contributed by atoms with Crippen molar-refractivity contribution in [2.45, 2.75) is 18.2 Å². The molecule has 1 aromatic rings. The fraction of sp³-hybridized carbons (Fsp3) is 0.308. The molecular weight excluding hydrogens is 266 g/mol. The zero-order valence-corrected chi connectivity index (χ0v) is 11.6. The van der Waals surface area contributed by atoms with Crippen LogP contribution in [0.1, 0.15) is 13.3 Å². The number of nitro benzene ring substituents is 1. The summed E-state index contributed by atoms with van der Waals surface area (Å²) in [5.74, 6) is 0.133. The molecule has 0 aromatic heterocycles. The van der Waals surface area contributed by atoms with Gasteiger partial charge in [-0.3, -0.25) is 10.1 Å². The lowest BCUT2D eigenvalue weighted by molar-refractivity contribution is -0.387. The summed E-state index contributed by atoms with van der Waals surface area (Å²) in [7, 11) is 1.33. The lowest BCUT2D eigenvalue weighted by Gasteiger charge is -2.03. The number of esters is 1. The minimum atomic E-state index is -0.410. The van der Waals surface area contributed by atoms with Crippen molar-refractivity contribution in [2.75, 3.05) is 12.9 Å². The number of carbonyl (C=O) groups excluding carboxylic acids is 1. The number of thioether (sulfide) groups is 1. The van der Waals surface area contributed by atoms with Gasteiger partial charge in [-0.25, -0.2) is 4.79 Å². The molecule has 0 fully saturated rings. The Bertz CT molecular complexity index is 499. The first-order valence-electron chi connectivity index (χ1n) is 5.73. The van der Waals surface area contributed by atoms with E-state index >= 15 is 0 Å². The summed E-state index contributed by atoms with van der Waals surface area (Å²) in [5.41, 5.74) is 0.658. The fourth-order valence-corrected chi connectivity index (χ4v) is 2.39. The van der Waals surface area contributed by atoms with Crippen LogP contribution in [0, 0.1) is 10.1 Å². The molecule has 5 nitrogen and oxygen atoms in total. The Labute approximate surface area is 115 Å². The molecule has 0 aliphatic heterocycles. The predicted molar refractivity (Wildman–Crippen MR) is 74.2 cm³/mol. The molecule has 0 saturated heterocycles. The van der Waals surface area contributed by atoms with Crippen LogP contribution in [0.5, 0.6) is 0 Å². The van der Waals surface area contributed by atoms with Gasteiger partial charge < -0.3 is 4.74 Å². The Morgan fingerprint density at radius 1 is 1.47 bits per heavy atom. The van der Waals surface area contributed by atoms with Crippen molar-refractivity contribution in [3.05, 3.63) is 46.0 Å². The molecule has 0 N–H and O–H groups in total. The summed E-state index contributed by atoms with van der Waals surface area (Å²) >= 11 is 1.32. The molecule has 0 heterocycles. The van der Waals surface area contributed by atoms with Crippen LogP contribution in [-0.2, 0) is 9.53 Å². The molecule has 0 radical (unpaired) electrons. The number of hydrogen-bond acceptors (Lipinski definition) is 5. The number of ether oxygens (including phenoxy) is 1. The molecule has 102 valence electrons. The summed E-state index contributed by atoms with van der Waals surface area (Å²) < 4.78 is 4.64. The Morgan fingerprint density at radius 2 is 2.16 bits per heavy atom. The monoisotopic (exact) mass is 281 g/mol. The molecule has 0 aliphatic carbocycles. The summed E-state index contributed by atoms with van der Waals surface area (Å²) in [6.07, 6.45) is 2.32. The van der Waals surface area contributed by atoms with Gasteiger partial charge in [0.25, 0.3) is 5.69 Å². The van der Waals surface area contributed by atoms with Gasteiger partial charge in [0.2, 0.25) is 0 Å². The zero-order valence-electron chi connectivity index (χ0n) is 10.8. The van der Waals surface area contributed by atoms with E-state index in [9.17, 15) is 14.9 Å². The highest BCUT2D eigenvalue weighted by Crippen LogP contribution is 2.28. The van der Waals surface area contributed by atoms with Crippen LogP contribution < -0.4 is 0 Å². The molecule has 0 unspecified atom stereocenters. The Kier molecular flexibility index (Phi) is 6.08. The van der Waals surface area contributed by atoms with E-state index < -0.39 is 4.92 Å². The molecule has 1 rings (SSSR count). The molecule has 0 spiro atoms. The molecule has 19 heavy (non-hydrogen) atoms. The van der Waals surface area contributed by atoms with Crippen molar-refractivity contribution in [1.82, 2.24) is 0 Å². The molecular formula is C13H15NO4S. The van der Waals surface area contributed by atoms with Crippen molar-refractivity contribution in [3.63, 3.8) is 0 Å². The van der Waals surface area contributed by atoms with Gasteiger partial charge in [-0.15, -0.1) is 11.8 Å². The van der Waals surface area contributed by atoms with Crippen LogP contribution in [0.4, 0.5) is 5.69 Å². The molecule has 0 bridgehead atoms. The largest absolute Gasteiger partial charge is 0.466 e. The molecule has 0 atom stereocenters. The van der Waals surface area contributed by atoms with Gasteiger partial charge in [-0.1, -0.05) is 25.1 Å². The normalized spacial score (nSPS) is 11.2. The van der Waals surface area contributed by atoms with E-state index in [1.807, 2.05) is 6.92 Å². The van der Waals surface area contributed by atoms with E-state index in [2.05, 4.69) is 4.74 Å². The van der Waals surface area contributed by atoms with Crippen LogP contribution in [0.3, 0.4) is 0 Å². The van der Waals surface area contributed by atoms with Crippen LogP contribution >= 0.6 is 11.8 Å². The van der Waals surface area contributed by atoms with Crippen molar-refractivity contribution >= 4 is 23.4 Å². The fourth-order valence-electron chi connectivity index (χ4n) is 1.47. The van der Waals surface area contributed by atoms with E-state index in [4.69, 9.17) is 0 Å². The average molecular weight is 281 g/mol. The van der Waals surface area contributed by atoms with Crippen molar-refractivity contribution < 1.29 is 14.5 Å². The van der Waals surface area contributed by atoms with Gasteiger partial charge in [0.15, 0.2) is 0 Å². The minimum Gasteiger partial charge on any atom is -0.466 e. The number of nitro groups is 1. The van der Waals surface area contributed by atoms with Crippen LogP contribution in [0.15, 0.2) is 40.8 Å². The smallest absolute Gasteiger partial charge is 0.333 e. The zero-order chi connectivity index (χ0) is 14.3. The number of hydrogen-bond donors (Lipinski definition) is 0. The molecule has 6 heteroatoms. The van der Waals surface area contributed by atoms with Gasteiger partial charge in [0.05, 0.1) is 16.9 Å². The highest BCUT2D eigenvalue weighted by molar-refractivity contribution is 7.99. The predicted octanol–water partition coefficient (Wildman–Crippen LogP) is 3.20. The highest BCUT2D eigenvalue weighted by Gasteiger charge is 2.12. The second kappa shape index (κ2) is 7.58. The van der Waals surface area contributed by atoms with E-state index in [1.54, 1.807) is 24.3 Å². The number of benzene rings is 1. The molecule has 0 amide bonds. The Hall–Kier alpha value is -1.82. The molecule has 0 saturated carbocycles. The summed E-state index contributed by atoms with van der Waals surface area (Å²) in [6.45, 7) is 1.86. The molecule has 0 aliphatic rings. The number of rotatable bonds is 6. The van der Waals surface area contributed by atoms with Crippen LogP contribution in [-0.4, -0.2) is 23.8 Å². The maximum absolute atomic E-state index is 11.4. The topological polar surface area (TPSA) is 69.4 Å². The van der Waals surface area contributed by atoms with Gasteiger partial charge >= 0.3 is 5.97 Å². The summed E-state index contributed by atoms with van der Waals surface area (Å²) in [4.78, 5) is 22.4. The first-order chi connectivity index (χ1) is 9.10. The third-order valence-corrected chi connectivity index (χ3v) is 3.45.